The molecule has 0 aliphatic carbocycles. The van der Waals surface area contributed by atoms with Crippen LogP contribution < -0.4 is 10.2 Å². The lowest BCUT2D eigenvalue weighted by Gasteiger charge is -2.26. The summed E-state index contributed by atoms with van der Waals surface area (Å²) in [4.78, 5) is 28.5. The molecule has 1 fully saturated rings. The topological polar surface area (TPSA) is 96.7 Å². The van der Waals surface area contributed by atoms with Crippen molar-refractivity contribution in [3.8, 4) is 6.01 Å². The molecule has 0 spiro atoms. The van der Waals surface area contributed by atoms with E-state index in [1.165, 1.54) is 6.42 Å². The number of piperidine rings is 1. The molecule has 3 aromatic rings. The number of aromatic carboxylic acids is 1. The summed E-state index contributed by atoms with van der Waals surface area (Å²) < 4.78 is 7.64. The molecule has 2 aromatic carbocycles. The van der Waals surface area contributed by atoms with Crippen molar-refractivity contribution < 1.29 is 19.4 Å². The Balaban J connectivity index is 1.63. The van der Waals surface area contributed by atoms with Gasteiger partial charge in [-0.3, -0.25) is 14.8 Å². The van der Waals surface area contributed by atoms with E-state index in [1.54, 1.807) is 30.3 Å². The Hall–Kier alpha value is -3.39. The summed E-state index contributed by atoms with van der Waals surface area (Å²) in [7, 11) is 0. The Kier molecular flexibility index (Phi) is 6.18. The normalized spacial score (nSPS) is 14.5. The van der Waals surface area contributed by atoms with Crippen LogP contribution in [0.2, 0.25) is 0 Å². The molecule has 8 heteroatoms. The first kappa shape index (κ1) is 20.9. The number of hydrogen-bond acceptors (Lipinski definition) is 5. The summed E-state index contributed by atoms with van der Waals surface area (Å²) >= 11 is 0. The number of fused-ring (bicyclic) bond motifs is 1. The number of ether oxygens (including phenoxy) is 1. The Labute approximate surface area is 180 Å². The lowest BCUT2D eigenvalue weighted by molar-refractivity contribution is 0.0695. The molecule has 2 N–H and O–H groups in total. The van der Waals surface area contributed by atoms with Gasteiger partial charge in [0.15, 0.2) is 0 Å². The highest BCUT2D eigenvalue weighted by molar-refractivity contribution is 5.97. The van der Waals surface area contributed by atoms with Gasteiger partial charge in [0.25, 0.3) is 11.9 Å². The van der Waals surface area contributed by atoms with Gasteiger partial charge in [0.05, 0.1) is 29.7 Å². The van der Waals surface area contributed by atoms with E-state index in [-0.39, 0.29) is 11.5 Å². The van der Waals surface area contributed by atoms with Gasteiger partial charge in [0.1, 0.15) is 0 Å². The van der Waals surface area contributed by atoms with Crippen LogP contribution in [0.5, 0.6) is 6.01 Å². The second kappa shape index (κ2) is 9.18. The lowest BCUT2D eigenvalue weighted by atomic mass is 10.1. The molecule has 0 bridgehead atoms. The molecule has 4 rings (SSSR count). The molecular formula is C23H26N4O4. The average molecular weight is 422 g/mol. The standard InChI is InChI=1S/C23H26N4O4/c1-2-31-23-24-19-11-10-18(21(28)25-26-12-4-3-5-13-26)14-20(19)27(23)15-16-6-8-17(9-7-16)22(29)30/h6-11,14H,2-5,12-13,15H2,1H3,(H,25,28)(H,29,30). The van der Waals surface area contributed by atoms with Crippen molar-refractivity contribution in [3.05, 3.63) is 59.2 Å². The predicted octanol–water partition coefficient (Wildman–Crippen LogP) is 3.31. The molecule has 1 saturated heterocycles. The highest BCUT2D eigenvalue weighted by Gasteiger charge is 2.18. The van der Waals surface area contributed by atoms with Gasteiger partial charge in [-0.1, -0.05) is 18.6 Å². The maximum absolute atomic E-state index is 12.8. The van der Waals surface area contributed by atoms with Crippen LogP contribution in [0.4, 0.5) is 0 Å². The first-order valence-electron chi connectivity index (χ1n) is 10.6. The summed E-state index contributed by atoms with van der Waals surface area (Å²) in [5, 5.41) is 11.1. The van der Waals surface area contributed by atoms with Crippen LogP contribution >= 0.6 is 0 Å². The minimum Gasteiger partial charge on any atom is -0.478 e. The monoisotopic (exact) mass is 422 g/mol. The number of benzene rings is 2. The number of carbonyl (C=O) groups is 2. The summed E-state index contributed by atoms with van der Waals surface area (Å²) in [6.45, 7) is 4.54. The van der Waals surface area contributed by atoms with Gasteiger partial charge in [-0.05, 0) is 55.7 Å². The molecule has 8 nitrogen and oxygen atoms in total. The smallest absolute Gasteiger partial charge is 0.335 e. The fraction of sp³-hybridized carbons (Fsp3) is 0.348. The van der Waals surface area contributed by atoms with Gasteiger partial charge in [-0.2, -0.15) is 4.98 Å². The van der Waals surface area contributed by atoms with Crippen molar-refractivity contribution in [2.75, 3.05) is 19.7 Å². The van der Waals surface area contributed by atoms with E-state index in [0.717, 1.165) is 42.5 Å². The van der Waals surface area contributed by atoms with Crippen LogP contribution in [0.25, 0.3) is 11.0 Å². The summed E-state index contributed by atoms with van der Waals surface area (Å²) in [5.74, 6) is -1.10. The van der Waals surface area contributed by atoms with Crippen LogP contribution in [0.3, 0.4) is 0 Å². The SMILES string of the molecule is CCOc1nc2ccc(C(=O)NN3CCCCC3)cc2n1Cc1ccc(C(=O)O)cc1. The fourth-order valence-corrected chi connectivity index (χ4v) is 3.78. The zero-order valence-electron chi connectivity index (χ0n) is 17.5. The summed E-state index contributed by atoms with van der Waals surface area (Å²) in [6.07, 6.45) is 3.38. The van der Waals surface area contributed by atoms with E-state index in [9.17, 15) is 9.59 Å². The molecule has 2 heterocycles. The number of hydrazine groups is 1. The van der Waals surface area contributed by atoms with Crippen LogP contribution in [-0.4, -0.2) is 51.2 Å². The zero-order chi connectivity index (χ0) is 21.8. The van der Waals surface area contributed by atoms with Gasteiger partial charge in [0.2, 0.25) is 0 Å². The van der Waals surface area contributed by atoms with E-state index in [0.29, 0.717) is 24.7 Å². The molecule has 0 radical (unpaired) electrons. The zero-order valence-corrected chi connectivity index (χ0v) is 17.5. The van der Waals surface area contributed by atoms with Crippen molar-refractivity contribution in [1.82, 2.24) is 20.0 Å². The van der Waals surface area contributed by atoms with Crippen LogP contribution in [0.1, 0.15) is 52.5 Å². The number of amides is 1. The van der Waals surface area contributed by atoms with Crippen molar-refractivity contribution >= 4 is 22.9 Å². The lowest BCUT2D eigenvalue weighted by Crippen LogP contribution is -2.45. The highest BCUT2D eigenvalue weighted by Crippen LogP contribution is 2.24. The highest BCUT2D eigenvalue weighted by atomic mass is 16.5. The molecule has 1 aromatic heterocycles. The van der Waals surface area contributed by atoms with Crippen LogP contribution in [0, 0.1) is 0 Å². The summed E-state index contributed by atoms with van der Waals surface area (Å²) in [5.41, 5.74) is 6.23. The summed E-state index contributed by atoms with van der Waals surface area (Å²) in [6, 6.07) is 12.6. The molecule has 162 valence electrons. The molecule has 0 atom stereocenters. The number of hydrogen-bond donors (Lipinski definition) is 2. The number of carboxylic acid groups (broad SMARTS) is 1. The second-order valence-electron chi connectivity index (χ2n) is 7.61. The van der Waals surface area contributed by atoms with Crippen LogP contribution in [-0.2, 0) is 6.54 Å². The minimum absolute atomic E-state index is 0.139. The Morgan fingerprint density at radius 1 is 1.06 bits per heavy atom. The quantitative estimate of drug-likeness (QED) is 0.606. The first-order valence-corrected chi connectivity index (χ1v) is 10.6. The first-order chi connectivity index (χ1) is 15.0. The molecular weight excluding hydrogens is 396 g/mol. The van der Waals surface area contributed by atoms with E-state index >= 15 is 0 Å². The van der Waals surface area contributed by atoms with Crippen molar-refractivity contribution in [2.24, 2.45) is 0 Å². The molecule has 0 saturated carbocycles. The van der Waals surface area contributed by atoms with Crippen molar-refractivity contribution in [1.29, 1.82) is 0 Å². The number of carboxylic acids is 1. The van der Waals surface area contributed by atoms with Crippen LogP contribution in [0.15, 0.2) is 42.5 Å². The number of nitrogens with one attached hydrogen (secondary N) is 1. The van der Waals surface area contributed by atoms with Gasteiger partial charge < -0.3 is 9.84 Å². The molecule has 1 aliphatic rings. The van der Waals surface area contributed by atoms with Gasteiger partial charge in [-0.25, -0.2) is 9.80 Å². The van der Waals surface area contributed by atoms with E-state index < -0.39 is 5.97 Å². The second-order valence-corrected chi connectivity index (χ2v) is 7.61. The van der Waals surface area contributed by atoms with E-state index in [1.807, 2.05) is 28.6 Å². The largest absolute Gasteiger partial charge is 0.478 e. The number of nitrogens with zero attached hydrogens (tertiary/aromatic N) is 3. The fourth-order valence-electron chi connectivity index (χ4n) is 3.78. The Morgan fingerprint density at radius 2 is 1.77 bits per heavy atom. The van der Waals surface area contributed by atoms with Gasteiger partial charge in [-0.15, -0.1) is 0 Å². The molecule has 31 heavy (non-hydrogen) atoms. The third kappa shape index (κ3) is 4.69. The van der Waals surface area contributed by atoms with Gasteiger partial charge >= 0.3 is 5.97 Å². The predicted molar refractivity (Wildman–Crippen MR) is 116 cm³/mol. The van der Waals surface area contributed by atoms with E-state index in [2.05, 4.69) is 10.4 Å². The molecule has 0 unspecified atom stereocenters. The van der Waals surface area contributed by atoms with E-state index in [4.69, 9.17) is 9.84 Å². The Bertz CT molecular complexity index is 1080. The van der Waals surface area contributed by atoms with Crippen molar-refractivity contribution in [2.45, 2.75) is 32.7 Å². The third-order valence-corrected chi connectivity index (χ3v) is 5.41. The number of aromatic nitrogens is 2. The number of rotatable bonds is 7. The van der Waals surface area contributed by atoms with Crippen molar-refractivity contribution in [3.63, 3.8) is 0 Å². The third-order valence-electron chi connectivity index (χ3n) is 5.41. The Morgan fingerprint density at radius 3 is 2.45 bits per heavy atom. The maximum Gasteiger partial charge on any atom is 0.335 e. The number of imidazole rings is 1. The average Bonchev–Trinajstić information content (AvgIpc) is 3.11. The number of carbonyl (C=O) groups excluding carboxylic acids is 1. The molecule has 1 aliphatic heterocycles. The van der Waals surface area contributed by atoms with Gasteiger partial charge in [0, 0.05) is 18.7 Å². The molecule has 1 amide bonds. The minimum atomic E-state index is -0.959. The maximum atomic E-state index is 12.8.